The van der Waals surface area contributed by atoms with Crippen molar-refractivity contribution in [3.05, 3.63) is 65.7 Å². The van der Waals surface area contributed by atoms with Gasteiger partial charge in [0.15, 0.2) is 0 Å². The van der Waals surface area contributed by atoms with Crippen LogP contribution in [0.15, 0.2) is 54.3 Å². The van der Waals surface area contributed by atoms with E-state index in [0.717, 1.165) is 39.6 Å². The lowest BCUT2D eigenvalue weighted by atomic mass is 10.1. The molecular formula is C20H20N6S. The van der Waals surface area contributed by atoms with E-state index in [-0.39, 0.29) is 0 Å². The van der Waals surface area contributed by atoms with Crippen molar-refractivity contribution < 1.29 is 0 Å². The van der Waals surface area contributed by atoms with Crippen LogP contribution in [0.5, 0.6) is 0 Å². The van der Waals surface area contributed by atoms with Gasteiger partial charge in [-0.25, -0.2) is 9.97 Å². The van der Waals surface area contributed by atoms with Crippen molar-refractivity contribution in [2.45, 2.75) is 20.4 Å². The summed E-state index contributed by atoms with van der Waals surface area (Å²) in [4.78, 5) is 14.7. The lowest BCUT2D eigenvalue weighted by molar-refractivity contribution is 0.613. The highest BCUT2D eigenvalue weighted by molar-refractivity contribution is 7.13. The molecule has 6 nitrogen and oxygen atoms in total. The quantitative estimate of drug-likeness (QED) is 0.546. The van der Waals surface area contributed by atoms with Gasteiger partial charge in [0.25, 0.3) is 0 Å². The molecule has 1 N–H and O–H groups in total. The third kappa shape index (κ3) is 3.88. The minimum absolute atomic E-state index is 0.607. The number of nitrogens with zero attached hydrogens (tertiary/aromatic N) is 5. The molecule has 0 saturated carbocycles. The first-order valence-electron chi connectivity index (χ1n) is 8.77. The number of aryl methyl sites for hydroxylation is 2. The maximum absolute atomic E-state index is 4.77. The van der Waals surface area contributed by atoms with Gasteiger partial charge in [0.1, 0.15) is 0 Å². The van der Waals surface area contributed by atoms with E-state index in [2.05, 4.69) is 44.8 Å². The number of thiophene rings is 1. The molecule has 4 heterocycles. The van der Waals surface area contributed by atoms with Crippen molar-refractivity contribution >= 4 is 17.3 Å². The maximum Gasteiger partial charge on any atom is 0.223 e. The van der Waals surface area contributed by atoms with Gasteiger partial charge >= 0.3 is 0 Å². The molecule has 0 atom stereocenters. The van der Waals surface area contributed by atoms with Crippen LogP contribution >= 0.6 is 11.3 Å². The first-order chi connectivity index (χ1) is 13.2. The SMILES string of the molecule is Cc1cc(C)n(CCNc2ncc(-c3cccs3)c(-c3cccnc3)n2)n1. The zero-order chi connectivity index (χ0) is 18.6. The number of aromatic nitrogens is 5. The molecule has 4 aromatic rings. The maximum atomic E-state index is 4.77. The van der Waals surface area contributed by atoms with Crippen molar-refractivity contribution in [3.63, 3.8) is 0 Å². The zero-order valence-corrected chi connectivity index (χ0v) is 16.1. The zero-order valence-electron chi connectivity index (χ0n) is 15.3. The highest BCUT2D eigenvalue weighted by Gasteiger charge is 2.12. The normalized spacial score (nSPS) is 10.9. The Kier molecular flexibility index (Phi) is 4.93. The molecule has 0 aliphatic rings. The van der Waals surface area contributed by atoms with Crippen LogP contribution in [0.2, 0.25) is 0 Å². The van der Waals surface area contributed by atoms with E-state index in [1.165, 1.54) is 0 Å². The predicted molar refractivity (Wildman–Crippen MR) is 109 cm³/mol. The van der Waals surface area contributed by atoms with Gasteiger partial charge in [-0.15, -0.1) is 11.3 Å². The summed E-state index contributed by atoms with van der Waals surface area (Å²) in [6, 6.07) is 10.1. The smallest absolute Gasteiger partial charge is 0.223 e. The van der Waals surface area contributed by atoms with Gasteiger partial charge in [-0.1, -0.05) is 6.07 Å². The molecule has 0 amide bonds. The van der Waals surface area contributed by atoms with Gasteiger partial charge in [-0.05, 0) is 43.5 Å². The van der Waals surface area contributed by atoms with Crippen LogP contribution in [0.4, 0.5) is 5.95 Å². The fraction of sp³-hybridized carbons (Fsp3) is 0.200. The van der Waals surface area contributed by atoms with Crippen LogP contribution in [-0.2, 0) is 6.54 Å². The van der Waals surface area contributed by atoms with Gasteiger partial charge in [0.05, 0.1) is 17.9 Å². The molecule has 0 aromatic carbocycles. The highest BCUT2D eigenvalue weighted by atomic mass is 32.1. The molecule has 0 bridgehead atoms. The summed E-state index contributed by atoms with van der Waals surface area (Å²) in [5.41, 5.74) is 5.06. The van der Waals surface area contributed by atoms with E-state index in [0.29, 0.717) is 12.5 Å². The lowest BCUT2D eigenvalue weighted by Crippen LogP contribution is -2.14. The third-order valence-electron chi connectivity index (χ3n) is 4.22. The van der Waals surface area contributed by atoms with Crippen LogP contribution in [0, 0.1) is 13.8 Å². The first kappa shape index (κ1) is 17.4. The Bertz CT molecular complexity index is 1020. The first-order valence-corrected chi connectivity index (χ1v) is 9.65. The van der Waals surface area contributed by atoms with Crippen LogP contribution in [0.25, 0.3) is 21.7 Å². The Balaban J connectivity index is 1.58. The monoisotopic (exact) mass is 376 g/mol. The largest absolute Gasteiger partial charge is 0.352 e. The molecule has 136 valence electrons. The summed E-state index contributed by atoms with van der Waals surface area (Å²) < 4.78 is 1.99. The molecule has 0 radical (unpaired) electrons. The minimum atomic E-state index is 0.607. The summed E-state index contributed by atoms with van der Waals surface area (Å²) in [5.74, 6) is 0.607. The second-order valence-corrected chi connectivity index (χ2v) is 7.20. The summed E-state index contributed by atoms with van der Waals surface area (Å²) >= 11 is 1.68. The van der Waals surface area contributed by atoms with Gasteiger partial charge in [0, 0.05) is 46.8 Å². The summed E-state index contributed by atoms with van der Waals surface area (Å²) in [6.07, 6.45) is 5.48. The van der Waals surface area contributed by atoms with Crippen LogP contribution in [-0.4, -0.2) is 31.3 Å². The molecule has 7 heteroatoms. The second kappa shape index (κ2) is 7.67. The molecule has 27 heavy (non-hydrogen) atoms. The molecular weight excluding hydrogens is 356 g/mol. The highest BCUT2D eigenvalue weighted by Crippen LogP contribution is 2.33. The van der Waals surface area contributed by atoms with Gasteiger partial charge in [-0.3, -0.25) is 9.67 Å². The number of anilines is 1. The van der Waals surface area contributed by atoms with Crippen molar-refractivity contribution in [2.75, 3.05) is 11.9 Å². The van der Waals surface area contributed by atoms with Crippen LogP contribution in [0.3, 0.4) is 0 Å². The Morgan fingerprint density at radius 3 is 2.78 bits per heavy atom. The summed E-state index contributed by atoms with van der Waals surface area (Å²) in [5, 5.41) is 9.85. The molecule has 4 rings (SSSR count). The van der Waals surface area contributed by atoms with Crippen molar-refractivity contribution in [2.24, 2.45) is 0 Å². The van der Waals surface area contributed by atoms with E-state index in [1.807, 2.05) is 42.2 Å². The molecule has 0 aliphatic heterocycles. The van der Waals surface area contributed by atoms with Crippen molar-refractivity contribution in [1.29, 1.82) is 0 Å². The van der Waals surface area contributed by atoms with Gasteiger partial charge < -0.3 is 5.32 Å². The van der Waals surface area contributed by atoms with E-state index in [1.54, 1.807) is 17.5 Å². The predicted octanol–water partition coefficient (Wildman–Crippen LogP) is 4.19. The Morgan fingerprint density at radius 2 is 2.07 bits per heavy atom. The summed E-state index contributed by atoms with van der Waals surface area (Å²) in [6.45, 7) is 5.53. The Labute approximate surface area is 162 Å². The van der Waals surface area contributed by atoms with Gasteiger partial charge in [0.2, 0.25) is 5.95 Å². The molecule has 4 aromatic heterocycles. The standard InChI is InChI=1S/C20H20N6S/c1-14-11-15(2)26(25-14)9-8-22-20-23-13-17(18-6-4-10-27-18)19(24-20)16-5-3-7-21-12-16/h3-7,10-13H,8-9H2,1-2H3,(H,22,23,24). The second-order valence-electron chi connectivity index (χ2n) is 6.25. The van der Waals surface area contributed by atoms with Gasteiger partial charge in [-0.2, -0.15) is 5.10 Å². The Morgan fingerprint density at radius 1 is 1.15 bits per heavy atom. The minimum Gasteiger partial charge on any atom is -0.352 e. The number of hydrogen-bond acceptors (Lipinski definition) is 6. The van der Waals surface area contributed by atoms with Crippen molar-refractivity contribution in [1.82, 2.24) is 24.7 Å². The molecule has 0 aliphatic carbocycles. The van der Waals surface area contributed by atoms with Crippen LogP contribution < -0.4 is 5.32 Å². The molecule has 0 spiro atoms. The fourth-order valence-corrected chi connectivity index (χ4v) is 3.71. The van der Waals surface area contributed by atoms with E-state index < -0.39 is 0 Å². The van der Waals surface area contributed by atoms with Crippen LogP contribution in [0.1, 0.15) is 11.4 Å². The lowest BCUT2D eigenvalue weighted by Gasteiger charge is -2.11. The molecule has 0 unspecified atom stereocenters. The number of pyridine rings is 1. The molecule has 0 saturated heterocycles. The van der Waals surface area contributed by atoms with E-state index in [9.17, 15) is 0 Å². The van der Waals surface area contributed by atoms with E-state index >= 15 is 0 Å². The topological polar surface area (TPSA) is 68.5 Å². The number of hydrogen-bond donors (Lipinski definition) is 1. The fourth-order valence-electron chi connectivity index (χ4n) is 2.98. The average Bonchev–Trinajstić information content (AvgIpc) is 3.32. The molecule has 0 fully saturated rings. The van der Waals surface area contributed by atoms with E-state index in [4.69, 9.17) is 4.98 Å². The van der Waals surface area contributed by atoms with Crippen molar-refractivity contribution in [3.8, 4) is 21.7 Å². The number of rotatable bonds is 6. The third-order valence-corrected chi connectivity index (χ3v) is 5.12. The average molecular weight is 376 g/mol. The Hall–Kier alpha value is -3.06. The number of nitrogens with one attached hydrogen (secondary N) is 1. The summed E-state index contributed by atoms with van der Waals surface area (Å²) in [7, 11) is 0.